The third-order valence-corrected chi connectivity index (χ3v) is 14.3. The van der Waals surface area contributed by atoms with E-state index in [1.54, 1.807) is 6.92 Å². The quantitative estimate of drug-likeness (QED) is 0.0321. The van der Waals surface area contributed by atoms with Crippen LogP contribution in [0.3, 0.4) is 0 Å². The lowest BCUT2D eigenvalue weighted by Gasteiger charge is -2.40. The zero-order chi connectivity index (χ0) is 68.0. The number of fused-ring (bicyclic) bond motifs is 2. The predicted molar refractivity (Wildman–Crippen MR) is 301 cm³/mol. The van der Waals surface area contributed by atoms with Gasteiger partial charge in [-0.2, -0.15) is 26.3 Å². The molecule has 3 unspecified atom stereocenters. The van der Waals surface area contributed by atoms with Gasteiger partial charge in [-0.15, -0.1) is 13.2 Å². The van der Waals surface area contributed by atoms with Crippen LogP contribution in [-0.2, 0) is 19.0 Å². The van der Waals surface area contributed by atoms with Crippen molar-refractivity contribution < 1.29 is 101 Å². The molecule has 2 saturated heterocycles. The van der Waals surface area contributed by atoms with Crippen molar-refractivity contribution in [3.63, 3.8) is 0 Å². The van der Waals surface area contributed by atoms with E-state index in [1.165, 1.54) is 53.0 Å². The predicted octanol–water partition coefficient (Wildman–Crippen LogP) is 13.4. The number of Topliss-reactive ketones (excluding diaryl/α,β-unsaturated/α-hetero) is 1. The fourth-order valence-corrected chi connectivity index (χ4v) is 9.74. The van der Waals surface area contributed by atoms with Crippen LogP contribution in [0.1, 0.15) is 152 Å². The molecule has 6 atom stereocenters. The summed E-state index contributed by atoms with van der Waals surface area (Å²) in [6, 6.07) is 5.15. The fourth-order valence-electron chi connectivity index (χ4n) is 9.74. The van der Waals surface area contributed by atoms with E-state index >= 15 is 0 Å². The number of pyridine rings is 6. The number of aliphatic hydroxyl groups excluding tert-OH is 2. The highest BCUT2D eigenvalue weighted by atomic mass is 19.2. The van der Waals surface area contributed by atoms with Crippen molar-refractivity contribution in [1.82, 2.24) is 35.0 Å². The van der Waals surface area contributed by atoms with Crippen molar-refractivity contribution in [1.29, 1.82) is 0 Å². The number of allylic oxidation sites excluding steroid dienone is 4. The highest BCUT2D eigenvalue weighted by Gasteiger charge is 2.60. The van der Waals surface area contributed by atoms with Gasteiger partial charge >= 0.3 is 5.97 Å². The van der Waals surface area contributed by atoms with Crippen molar-refractivity contribution in [2.75, 3.05) is 27.4 Å². The van der Waals surface area contributed by atoms with Gasteiger partial charge in [0.1, 0.15) is 40.5 Å². The monoisotopic (exact) mass is 1300 g/mol. The molecule has 0 radical (unpaired) electrons. The normalized spacial score (nSPS) is 18.9. The average Bonchev–Trinajstić information content (AvgIpc) is 1.59. The smallest absolute Gasteiger partial charge is 0.340 e. The number of halogens is 12. The first-order valence-electron chi connectivity index (χ1n) is 27.5. The maximum absolute atomic E-state index is 13.9. The van der Waals surface area contributed by atoms with Gasteiger partial charge in [0.15, 0.2) is 11.6 Å². The molecule has 0 aromatic carbocycles. The van der Waals surface area contributed by atoms with E-state index in [2.05, 4.69) is 54.0 Å². The van der Waals surface area contributed by atoms with E-state index in [9.17, 15) is 67.1 Å². The van der Waals surface area contributed by atoms with E-state index in [4.69, 9.17) is 29.5 Å². The van der Waals surface area contributed by atoms with Gasteiger partial charge in [-0.05, 0) is 122 Å². The standard InChI is InChI=1S/C17H21F2NO2.C10H14O.C8H8F2N2O2.2C7H7F2NO.C7H5F2NO.C6H3F2NO2/c1-3-5-16-6-4-7-17(16,21-9-8-16)22-12(2)14-10-13(18)11-20-15(14)19;1-2-5-10-6-3-4-9(10)11-8-7-10;1-12(14-2)8(13)6-3-5(9)4-11-7(6)10;3*1-4(11)6-2-5(8)3-10-7(6)9;7-3-1-4(6(10)11)5(8)9-2-3/h3,10-12H,1,4-9H2,2H3;2,4H,1,3,5-8H2;3-4H,1-2H3;2*2-4,11H,1H3;2-3H,1H3;1-2H,(H,10,11)/t12?,16-,17+;10-;;;;;/m11...../s1. The number of carbonyl (C=O) groups is 3. The van der Waals surface area contributed by atoms with Gasteiger partial charge in [0, 0.05) is 41.0 Å². The van der Waals surface area contributed by atoms with Crippen molar-refractivity contribution >= 4 is 17.7 Å². The van der Waals surface area contributed by atoms with Gasteiger partial charge in [0.2, 0.25) is 35.7 Å². The number of hydrogen-bond acceptors (Lipinski definition) is 15. The van der Waals surface area contributed by atoms with Gasteiger partial charge in [-0.25, -0.2) is 66.1 Å². The van der Waals surface area contributed by atoms with Crippen LogP contribution < -0.4 is 0 Å². The van der Waals surface area contributed by atoms with Crippen LogP contribution in [-0.4, -0.2) is 101 Å². The molecule has 3 N–H and O–H groups in total. The number of aliphatic hydroxyl groups is 2. The molecule has 29 heteroatoms. The first-order valence-corrected chi connectivity index (χ1v) is 27.5. The summed E-state index contributed by atoms with van der Waals surface area (Å²) in [5.41, 5.74) is -1.37. The Kier molecular flexibility index (Phi) is 28.5. The molecular weight excluding hydrogens is 1230 g/mol. The number of aromatic nitrogens is 6. The van der Waals surface area contributed by atoms with Gasteiger partial charge in [0.05, 0.1) is 92.7 Å². The van der Waals surface area contributed by atoms with E-state index in [-0.39, 0.29) is 27.7 Å². The maximum Gasteiger partial charge on any atom is 0.340 e. The Bertz CT molecular complexity index is 3390. The molecule has 6 aromatic heterocycles. The molecule has 10 rings (SSSR count). The number of carboxylic acids is 1. The molecule has 1 amide bonds. The first kappa shape index (κ1) is 75.0. The second-order valence-corrected chi connectivity index (χ2v) is 20.5. The molecule has 3 fully saturated rings. The van der Waals surface area contributed by atoms with E-state index < -0.39 is 123 Å². The van der Waals surface area contributed by atoms with Crippen LogP contribution in [0.25, 0.3) is 0 Å². The number of ketones is 1. The number of carboxylic acid groups (broad SMARTS) is 1. The van der Waals surface area contributed by atoms with Gasteiger partial charge in [-0.3, -0.25) is 14.4 Å². The van der Waals surface area contributed by atoms with Crippen LogP contribution in [0.15, 0.2) is 111 Å². The summed E-state index contributed by atoms with van der Waals surface area (Å²) < 4.78 is 170. The van der Waals surface area contributed by atoms with Crippen LogP contribution in [0, 0.1) is 81.4 Å². The summed E-state index contributed by atoms with van der Waals surface area (Å²) in [6.45, 7) is 14.7. The Labute approximate surface area is 515 Å². The summed E-state index contributed by atoms with van der Waals surface area (Å²) in [6.07, 6.45) is 17.2. The van der Waals surface area contributed by atoms with E-state index in [1.807, 2.05) is 12.2 Å². The molecular formula is C62H65F12N7O10. The zero-order valence-electron chi connectivity index (χ0n) is 50.0. The number of ether oxygens (including phenoxy) is 3. The minimum Gasteiger partial charge on any atom is -0.498 e. The average molecular weight is 1300 g/mol. The molecule has 8 heterocycles. The molecule has 492 valence electrons. The molecule has 17 nitrogen and oxygen atoms in total. The van der Waals surface area contributed by atoms with Crippen molar-refractivity contribution in [2.24, 2.45) is 10.8 Å². The molecule has 2 aliphatic heterocycles. The summed E-state index contributed by atoms with van der Waals surface area (Å²) in [5.74, 6) is -12.1. The summed E-state index contributed by atoms with van der Waals surface area (Å²) >= 11 is 0. The van der Waals surface area contributed by atoms with Gasteiger partial charge < -0.3 is 29.5 Å². The number of amides is 1. The summed E-state index contributed by atoms with van der Waals surface area (Å²) in [7, 11) is 2.52. The number of carbonyl (C=O) groups excluding carboxylic acids is 2. The SMILES string of the molecule is C=CC[C@]12CCC=C1OCC2.C=CC[C@]12CCC[C@@]1(OC(C)c1cc(F)cnc1F)OCC2.CC(=O)c1cc(F)cnc1F.CC(O)c1cc(F)cnc1F.CC(O)c1cc(F)cnc1F.CON(C)C(=O)c1cc(F)cnc1F.O=C(O)c1cc(F)cnc1F. The molecule has 2 aliphatic carbocycles. The van der Waals surface area contributed by atoms with E-state index in [0.717, 1.165) is 112 Å². The molecule has 0 bridgehead atoms. The molecule has 6 aromatic rings. The zero-order valence-corrected chi connectivity index (χ0v) is 50.0. The third-order valence-electron chi connectivity index (χ3n) is 14.3. The Morgan fingerprint density at radius 2 is 1.02 bits per heavy atom. The highest BCUT2D eigenvalue weighted by molar-refractivity contribution is 5.94. The van der Waals surface area contributed by atoms with Crippen molar-refractivity contribution in [3.8, 4) is 0 Å². The lowest BCUT2D eigenvalue weighted by molar-refractivity contribution is -0.268. The minimum absolute atomic E-state index is 0.0970. The third kappa shape index (κ3) is 20.8. The molecule has 1 saturated carbocycles. The molecule has 0 spiro atoms. The fraction of sp³-hybridized carbons (Fsp3) is 0.371. The summed E-state index contributed by atoms with van der Waals surface area (Å²) in [5, 5.41) is 26.8. The number of nitrogens with zero attached hydrogens (tertiary/aromatic N) is 7. The Morgan fingerprint density at radius 1 is 0.593 bits per heavy atom. The van der Waals surface area contributed by atoms with Crippen LogP contribution >= 0.6 is 0 Å². The number of hydrogen-bond donors (Lipinski definition) is 3. The Balaban J connectivity index is 0.000000231. The largest absolute Gasteiger partial charge is 0.498 e. The van der Waals surface area contributed by atoms with Crippen LogP contribution in [0.2, 0.25) is 0 Å². The second-order valence-electron chi connectivity index (χ2n) is 20.5. The number of aromatic carboxylic acids is 1. The minimum atomic E-state index is -1.53. The number of hydroxylamine groups is 2. The lowest BCUT2D eigenvalue weighted by Crippen LogP contribution is -2.43. The van der Waals surface area contributed by atoms with E-state index in [0.29, 0.717) is 30.5 Å². The maximum atomic E-state index is 13.9. The molecule has 91 heavy (non-hydrogen) atoms. The summed E-state index contributed by atoms with van der Waals surface area (Å²) in [4.78, 5) is 55.1. The van der Waals surface area contributed by atoms with Gasteiger partial charge in [0.25, 0.3) is 5.91 Å². The molecule has 4 aliphatic rings. The van der Waals surface area contributed by atoms with Gasteiger partial charge in [-0.1, -0.05) is 12.2 Å². The highest BCUT2D eigenvalue weighted by Crippen LogP contribution is 2.59. The van der Waals surface area contributed by atoms with Crippen LogP contribution in [0.4, 0.5) is 52.7 Å². The first-order chi connectivity index (χ1) is 42.9. The second kappa shape index (κ2) is 34.6. The topological polar surface area (TPSA) is 229 Å². The van der Waals surface area contributed by atoms with Crippen molar-refractivity contribution in [2.45, 2.75) is 110 Å². The lowest BCUT2D eigenvalue weighted by atomic mass is 9.77. The number of rotatable bonds is 13. The van der Waals surface area contributed by atoms with Crippen LogP contribution in [0.5, 0.6) is 0 Å². The Morgan fingerprint density at radius 3 is 1.45 bits per heavy atom. The van der Waals surface area contributed by atoms with Crippen molar-refractivity contribution in [3.05, 3.63) is 215 Å². The Hall–Kier alpha value is -8.51.